The average molecular weight is 308 g/mol. The molecular weight excluding hydrogens is 284 g/mol. The average Bonchev–Trinajstić information content (AvgIpc) is 2.95. The SMILES string of the molecule is CC(C)(C)OC(=O)N1CCCC1C(=O)N1OC2C=CC1CC2. The molecular formula is C16H24N2O4. The number of rotatable bonds is 1. The van der Waals surface area contributed by atoms with Gasteiger partial charge in [-0.25, -0.2) is 9.86 Å². The van der Waals surface area contributed by atoms with Gasteiger partial charge in [-0.05, 0) is 46.5 Å². The topological polar surface area (TPSA) is 59.1 Å². The lowest BCUT2D eigenvalue weighted by atomic mass is 9.97. The molecule has 6 heteroatoms. The highest BCUT2D eigenvalue weighted by molar-refractivity contribution is 5.86. The first-order chi connectivity index (χ1) is 10.3. The van der Waals surface area contributed by atoms with Gasteiger partial charge in [0, 0.05) is 6.54 Å². The van der Waals surface area contributed by atoms with Crippen LogP contribution in [0.2, 0.25) is 0 Å². The first-order valence-corrected chi connectivity index (χ1v) is 8.03. The zero-order valence-electron chi connectivity index (χ0n) is 13.4. The molecule has 0 spiro atoms. The van der Waals surface area contributed by atoms with E-state index in [0.29, 0.717) is 13.0 Å². The first-order valence-electron chi connectivity index (χ1n) is 8.03. The molecule has 3 aliphatic heterocycles. The molecule has 0 radical (unpaired) electrons. The lowest BCUT2D eigenvalue weighted by Gasteiger charge is -2.42. The van der Waals surface area contributed by atoms with Crippen molar-refractivity contribution in [2.24, 2.45) is 0 Å². The van der Waals surface area contributed by atoms with Crippen LogP contribution in [0.3, 0.4) is 0 Å². The Kier molecular flexibility index (Phi) is 3.89. The standard InChI is InChI=1S/C16H24N2O4/c1-16(2,3)21-15(20)17-10-4-5-13(17)14(19)18-11-6-8-12(22-18)9-7-11/h6,8,11-13H,4-5,7,9-10H2,1-3H3. The van der Waals surface area contributed by atoms with E-state index in [2.05, 4.69) is 0 Å². The number of carbonyl (C=O) groups is 2. The van der Waals surface area contributed by atoms with Crippen molar-refractivity contribution in [1.82, 2.24) is 9.96 Å². The Morgan fingerprint density at radius 1 is 1.18 bits per heavy atom. The smallest absolute Gasteiger partial charge is 0.410 e. The van der Waals surface area contributed by atoms with Crippen LogP contribution in [0.1, 0.15) is 46.5 Å². The fraction of sp³-hybridized carbons (Fsp3) is 0.750. The van der Waals surface area contributed by atoms with Crippen LogP contribution < -0.4 is 0 Å². The van der Waals surface area contributed by atoms with E-state index in [0.717, 1.165) is 19.3 Å². The van der Waals surface area contributed by atoms with Gasteiger partial charge in [-0.2, -0.15) is 0 Å². The Labute approximate surface area is 131 Å². The van der Waals surface area contributed by atoms with Crippen molar-refractivity contribution in [3.05, 3.63) is 12.2 Å². The Morgan fingerprint density at radius 3 is 2.50 bits per heavy atom. The predicted octanol–water partition coefficient (Wildman–Crippen LogP) is 2.25. The van der Waals surface area contributed by atoms with Gasteiger partial charge in [-0.15, -0.1) is 0 Å². The third kappa shape index (κ3) is 2.97. The second-order valence-corrected chi connectivity index (χ2v) is 7.17. The van der Waals surface area contributed by atoms with Gasteiger partial charge in [-0.1, -0.05) is 12.2 Å². The molecule has 2 amide bonds. The van der Waals surface area contributed by atoms with Crippen molar-refractivity contribution in [1.29, 1.82) is 0 Å². The second kappa shape index (κ2) is 5.57. The molecule has 2 bridgehead atoms. The molecule has 4 rings (SSSR count). The number of fused-ring (bicyclic) bond motifs is 2. The zero-order valence-corrected chi connectivity index (χ0v) is 13.4. The van der Waals surface area contributed by atoms with Crippen molar-refractivity contribution in [2.75, 3.05) is 6.54 Å². The van der Waals surface area contributed by atoms with Crippen LogP contribution in [0.5, 0.6) is 0 Å². The van der Waals surface area contributed by atoms with E-state index >= 15 is 0 Å². The van der Waals surface area contributed by atoms with Gasteiger partial charge in [0.05, 0.1) is 6.04 Å². The Hall–Kier alpha value is -1.56. The van der Waals surface area contributed by atoms with Crippen LogP contribution in [-0.2, 0) is 14.4 Å². The Morgan fingerprint density at radius 2 is 1.95 bits per heavy atom. The van der Waals surface area contributed by atoms with E-state index in [1.165, 1.54) is 5.06 Å². The highest BCUT2D eigenvalue weighted by atomic mass is 16.7. The molecule has 0 saturated carbocycles. The van der Waals surface area contributed by atoms with Gasteiger partial charge in [0.1, 0.15) is 17.7 Å². The summed E-state index contributed by atoms with van der Waals surface area (Å²) in [6, 6.07) is -0.471. The number of hydrogen-bond acceptors (Lipinski definition) is 4. The zero-order chi connectivity index (χ0) is 15.9. The number of hydroxylamine groups is 2. The highest BCUT2D eigenvalue weighted by Gasteiger charge is 2.43. The summed E-state index contributed by atoms with van der Waals surface area (Å²) in [6.45, 7) is 6.04. The van der Waals surface area contributed by atoms with Crippen molar-refractivity contribution < 1.29 is 19.2 Å². The maximum atomic E-state index is 12.8. The van der Waals surface area contributed by atoms with Crippen LogP contribution >= 0.6 is 0 Å². The molecule has 2 fully saturated rings. The van der Waals surface area contributed by atoms with Gasteiger partial charge in [0.25, 0.3) is 5.91 Å². The maximum absolute atomic E-state index is 12.8. The van der Waals surface area contributed by atoms with E-state index in [1.807, 2.05) is 32.9 Å². The number of likely N-dealkylation sites (tertiary alicyclic amines) is 1. The van der Waals surface area contributed by atoms with Crippen LogP contribution in [-0.4, -0.2) is 52.3 Å². The van der Waals surface area contributed by atoms with Crippen LogP contribution in [0.15, 0.2) is 12.2 Å². The molecule has 3 heterocycles. The summed E-state index contributed by atoms with van der Waals surface area (Å²) in [7, 11) is 0. The molecule has 22 heavy (non-hydrogen) atoms. The predicted molar refractivity (Wildman–Crippen MR) is 79.8 cm³/mol. The van der Waals surface area contributed by atoms with Gasteiger partial charge in [-0.3, -0.25) is 14.5 Å². The van der Waals surface area contributed by atoms with Gasteiger partial charge < -0.3 is 4.74 Å². The maximum Gasteiger partial charge on any atom is 0.410 e. The first kappa shape index (κ1) is 15.3. The molecule has 0 aromatic heterocycles. The van der Waals surface area contributed by atoms with Crippen molar-refractivity contribution in [2.45, 2.75) is 70.2 Å². The van der Waals surface area contributed by atoms with Crippen molar-refractivity contribution in [3.8, 4) is 0 Å². The number of nitrogens with zero attached hydrogens (tertiary/aromatic N) is 2. The lowest BCUT2D eigenvalue weighted by molar-refractivity contribution is -0.233. The molecule has 0 N–H and O–H groups in total. The normalized spacial score (nSPS) is 30.8. The molecule has 6 nitrogen and oxygen atoms in total. The molecule has 3 atom stereocenters. The number of amides is 2. The molecule has 1 aliphatic carbocycles. The summed E-state index contributed by atoms with van der Waals surface area (Å²) < 4.78 is 5.41. The third-order valence-electron chi connectivity index (χ3n) is 4.23. The van der Waals surface area contributed by atoms with E-state index in [9.17, 15) is 9.59 Å². The van der Waals surface area contributed by atoms with Crippen molar-refractivity contribution >= 4 is 12.0 Å². The number of hydrogen-bond donors (Lipinski definition) is 0. The Balaban J connectivity index is 1.69. The second-order valence-electron chi connectivity index (χ2n) is 7.17. The number of ether oxygens (including phenoxy) is 1. The summed E-state index contributed by atoms with van der Waals surface area (Å²) in [5, 5.41) is 1.47. The fourth-order valence-electron chi connectivity index (χ4n) is 3.21. The molecule has 4 aliphatic rings. The molecule has 2 saturated heterocycles. The third-order valence-corrected chi connectivity index (χ3v) is 4.23. The summed E-state index contributed by atoms with van der Waals surface area (Å²) in [5.41, 5.74) is -0.559. The monoisotopic (exact) mass is 308 g/mol. The summed E-state index contributed by atoms with van der Waals surface area (Å²) in [4.78, 5) is 32.3. The van der Waals surface area contributed by atoms with E-state index in [1.54, 1.807) is 4.90 Å². The largest absolute Gasteiger partial charge is 0.444 e. The van der Waals surface area contributed by atoms with E-state index in [4.69, 9.17) is 9.57 Å². The minimum Gasteiger partial charge on any atom is -0.444 e. The van der Waals surface area contributed by atoms with Crippen LogP contribution in [0, 0.1) is 0 Å². The number of carbonyl (C=O) groups excluding carboxylic acids is 2. The Bertz CT molecular complexity index is 497. The van der Waals surface area contributed by atoms with Crippen molar-refractivity contribution in [3.63, 3.8) is 0 Å². The molecule has 122 valence electrons. The summed E-state index contributed by atoms with van der Waals surface area (Å²) >= 11 is 0. The fourth-order valence-corrected chi connectivity index (χ4v) is 3.21. The molecule has 3 unspecified atom stereocenters. The van der Waals surface area contributed by atoms with E-state index < -0.39 is 17.7 Å². The van der Waals surface area contributed by atoms with Crippen LogP contribution in [0.25, 0.3) is 0 Å². The quantitative estimate of drug-likeness (QED) is 0.697. The van der Waals surface area contributed by atoms with Gasteiger partial charge in [0.15, 0.2) is 0 Å². The lowest BCUT2D eigenvalue weighted by Crippen LogP contribution is -2.55. The summed E-state index contributed by atoms with van der Waals surface area (Å²) in [6.07, 6.45) is 6.97. The molecule has 0 aromatic rings. The summed E-state index contributed by atoms with van der Waals surface area (Å²) in [5.74, 6) is -0.123. The minimum atomic E-state index is -0.559. The van der Waals surface area contributed by atoms with Crippen LogP contribution in [0.4, 0.5) is 4.79 Å². The van der Waals surface area contributed by atoms with Gasteiger partial charge in [0.2, 0.25) is 0 Å². The molecule has 0 aromatic carbocycles. The minimum absolute atomic E-state index is 0.00131. The highest BCUT2D eigenvalue weighted by Crippen LogP contribution is 2.30. The van der Waals surface area contributed by atoms with Gasteiger partial charge >= 0.3 is 6.09 Å². The van der Waals surface area contributed by atoms with E-state index in [-0.39, 0.29) is 18.1 Å².